The topological polar surface area (TPSA) is 72.0 Å². The van der Waals surface area contributed by atoms with Crippen LogP contribution in [0.4, 0.5) is 17.3 Å². The molecule has 1 aliphatic rings. The summed E-state index contributed by atoms with van der Waals surface area (Å²) < 4.78 is 5.22. The fraction of sp³-hybridized carbons (Fsp3) is 0.167. The second-order valence-electron chi connectivity index (χ2n) is 5.57. The van der Waals surface area contributed by atoms with Gasteiger partial charge in [0.1, 0.15) is 11.6 Å². The van der Waals surface area contributed by atoms with Crippen molar-refractivity contribution in [1.82, 2.24) is 15.0 Å². The molecule has 1 saturated heterocycles. The molecule has 1 aromatic carbocycles. The molecule has 0 amide bonds. The van der Waals surface area contributed by atoms with Gasteiger partial charge in [-0.2, -0.15) is 0 Å². The molecule has 2 aromatic heterocycles. The number of nitrogens with one attached hydrogen (secondary N) is 2. The first-order chi connectivity index (χ1) is 11.9. The monoisotopic (exact) mass is 319 g/mol. The first-order valence-electron chi connectivity index (χ1n) is 7.83. The van der Waals surface area contributed by atoms with Crippen molar-refractivity contribution < 1.29 is 4.74 Å². The zero-order chi connectivity index (χ0) is 16.2. The van der Waals surface area contributed by atoms with E-state index < -0.39 is 0 Å². The van der Waals surface area contributed by atoms with Crippen molar-refractivity contribution in [2.75, 3.05) is 23.8 Å². The molecule has 0 saturated carbocycles. The standard InChI is InChI=1S/C18H17N5O/c1-2-4-13(5-3-1)18-22-16(20-14-6-8-19-9-7-14)10-17(23-18)21-15-11-24-12-15/h1-10,15H,11-12H2,(H2,19,20,21,22,23). The lowest BCUT2D eigenvalue weighted by Gasteiger charge is -2.27. The maximum Gasteiger partial charge on any atom is 0.163 e. The Morgan fingerprint density at radius 2 is 1.67 bits per heavy atom. The van der Waals surface area contributed by atoms with Crippen LogP contribution in [0.5, 0.6) is 0 Å². The van der Waals surface area contributed by atoms with Gasteiger partial charge in [-0.05, 0) is 12.1 Å². The number of hydrogen-bond donors (Lipinski definition) is 2. The fourth-order valence-electron chi connectivity index (χ4n) is 2.41. The van der Waals surface area contributed by atoms with Crippen molar-refractivity contribution in [2.24, 2.45) is 0 Å². The Labute approximate surface area is 140 Å². The third kappa shape index (κ3) is 3.33. The van der Waals surface area contributed by atoms with Gasteiger partial charge in [0.15, 0.2) is 5.82 Å². The van der Waals surface area contributed by atoms with Crippen molar-refractivity contribution in [3.05, 3.63) is 60.9 Å². The van der Waals surface area contributed by atoms with Gasteiger partial charge in [-0.15, -0.1) is 0 Å². The number of ether oxygens (including phenoxy) is 1. The summed E-state index contributed by atoms with van der Waals surface area (Å²) in [5, 5.41) is 6.69. The minimum absolute atomic E-state index is 0.303. The molecule has 2 N–H and O–H groups in total. The van der Waals surface area contributed by atoms with Gasteiger partial charge in [0.05, 0.1) is 19.3 Å². The molecule has 6 heteroatoms. The lowest BCUT2D eigenvalue weighted by atomic mass is 10.2. The van der Waals surface area contributed by atoms with Gasteiger partial charge < -0.3 is 15.4 Å². The molecule has 3 aromatic rings. The van der Waals surface area contributed by atoms with E-state index in [0.717, 1.165) is 22.9 Å². The molecule has 1 aliphatic heterocycles. The summed E-state index contributed by atoms with van der Waals surface area (Å²) in [7, 11) is 0. The predicted molar refractivity (Wildman–Crippen MR) is 93.2 cm³/mol. The lowest BCUT2D eigenvalue weighted by Crippen LogP contribution is -2.40. The largest absolute Gasteiger partial charge is 0.377 e. The molecule has 0 atom stereocenters. The van der Waals surface area contributed by atoms with Gasteiger partial charge in [0.25, 0.3) is 0 Å². The molecule has 3 heterocycles. The molecule has 120 valence electrons. The maximum absolute atomic E-state index is 5.22. The van der Waals surface area contributed by atoms with E-state index >= 15 is 0 Å². The van der Waals surface area contributed by atoms with E-state index in [4.69, 9.17) is 4.74 Å². The molecule has 0 bridgehead atoms. The van der Waals surface area contributed by atoms with Crippen molar-refractivity contribution in [3.8, 4) is 11.4 Å². The van der Waals surface area contributed by atoms with Crippen molar-refractivity contribution >= 4 is 17.3 Å². The first-order valence-corrected chi connectivity index (χ1v) is 7.83. The Kier molecular flexibility index (Phi) is 4.04. The summed E-state index contributed by atoms with van der Waals surface area (Å²) in [6.45, 7) is 1.41. The number of benzene rings is 1. The van der Waals surface area contributed by atoms with Crippen molar-refractivity contribution in [3.63, 3.8) is 0 Å². The molecular formula is C18H17N5O. The zero-order valence-electron chi connectivity index (χ0n) is 13.0. The van der Waals surface area contributed by atoms with Gasteiger partial charge in [-0.3, -0.25) is 4.98 Å². The SMILES string of the molecule is c1ccc(-c2nc(Nc3ccncc3)cc(NC3COC3)n2)cc1. The van der Waals surface area contributed by atoms with Crippen molar-refractivity contribution in [2.45, 2.75) is 6.04 Å². The molecule has 1 fully saturated rings. The summed E-state index contributed by atoms with van der Waals surface area (Å²) in [5.74, 6) is 2.20. The van der Waals surface area contributed by atoms with E-state index in [-0.39, 0.29) is 0 Å². The second kappa shape index (κ2) is 6.64. The number of rotatable bonds is 5. The summed E-state index contributed by atoms with van der Waals surface area (Å²) in [5.41, 5.74) is 1.91. The highest BCUT2D eigenvalue weighted by molar-refractivity contribution is 5.65. The van der Waals surface area contributed by atoms with Gasteiger partial charge in [-0.25, -0.2) is 9.97 Å². The average Bonchev–Trinajstić information content (AvgIpc) is 2.60. The molecular weight excluding hydrogens is 302 g/mol. The zero-order valence-corrected chi connectivity index (χ0v) is 13.0. The van der Waals surface area contributed by atoms with Crippen LogP contribution in [0.2, 0.25) is 0 Å². The highest BCUT2D eigenvalue weighted by atomic mass is 16.5. The number of anilines is 3. The van der Waals surface area contributed by atoms with Crippen LogP contribution < -0.4 is 10.6 Å². The normalized spacial score (nSPS) is 14.0. The minimum atomic E-state index is 0.303. The quantitative estimate of drug-likeness (QED) is 0.753. The smallest absolute Gasteiger partial charge is 0.163 e. The van der Waals surface area contributed by atoms with Gasteiger partial charge in [-0.1, -0.05) is 30.3 Å². The second-order valence-corrected chi connectivity index (χ2v) is 5.57. The molecule has 0 aliphatic carbocycles. The minimum Gasteiger partial charge on any atom is -0.377 e. The molecule has 4 rings (SSSR count). The van der Waals surface area contributed by atoms with Crippen LogP contribution in [0, 0.1) is 0 Å². The van der Waals surface area contributed by atoms with E-state index in [1.54, 1.807) is 12.4 Å². The highest BCUT2D eigenvalue weighted by Gasteiger charge is 2.19. The summed E-state index contributed by atoms with van der Waals surface area (Å²) >= 11 is 0. The van der Waals surface area contributed by atoms with E-state index in [2.05, 4.69) is 25.6 Å². The Hall–Kier alpha value is -2.99. The lowest BCUT2D eigenvalue weighted by molar-refractivity contribution is 0.0209. The van der Waals surface area contributed by atoms with Crippen LogP contribution in [0.1, 0.15) is 0 Å². The van der Waals surface area contributed by atoms with E-state index in [1.165, 1.54) is 0 Å². The third-order valence-electron chi connectivity index (χ3n) is 3.70. The third-order valence-corrected chi connectivity index (χ3v) is 3.70. The maximum atomic E-state index is 5.22. The number of aromatic nitrogens is 3. The Morgan fingerprint density at radius 3 is 2.38 bits per heavy atom. The number of nitrogens with zero attached hydrogens (tertiary/aromatic N) is 3. The van der Waals surface area contributed by atoms with Crippen LogP contribution in [0.25, 0.3) is 11.4 Å². The molecule has 6 nitrogen and oxygen atoms in total. The summed E-state index contributed by atoms with van der Waals surface area (Å²) in [6, 6.07) is 16.0. The van der Waals surface area contributed by atoms with Gasteiger partial charge >= 0.3 is 0 Å². The Balaban J connectivity index is 1.67. The Bertz CT molecular complexity index is 806. The van der Waals surface area contributed by atoms with Crippen LogP contribution in [0.15, 0.2) is 60.9 Å². The average molecular weight is 319 g/mol. The van der Waals surface area contributed by atoms with Crippen LogP contribution in [-0.2, 0) is 4.74 Å². The molecule has 0 unspecified atom stereocenters. The number of hydrogen-bond acceptors (Lipinski definition) is 6. The van der Waals surface area contributed by atoms with Crippen LogP contribution >= 0.6 is 0 Å². The van der Waals surface area contributed by atoms with E-state index in [1.807, 2.05) is 48.5 Å². The summed E-state index contributed by atoms with van der Waals surface area (Å²) in [4.78, 5) is 13.3. The van der Waals surface area contributed by atoms with Crippen LogP contribution in [0.3, 0.4) is 0 Å². The van der Waals surface area contributed by atoms with Crippen LogP contribution in [-0.4, -0.2) is 34.2 Å². The Morgan fingerprint density at radius 1 is 0.917 bits per heavy atom. The molecule has 0 radical (unpaired) electrons. The molecule has 24 heavy (non-hydrogen) atoms. The number of pyridine rings is 1. The molecule has 0 spiro atoms. The van der Waals surface area contributed by atoms with Gasteiger partial charge in [0.2, 0.25) is 0 Å². The first kappa shape index (κ1) is 14.6. The predicted octanol–water partition coefficient (Wildman–Crippen LogP) is 3.09. The van der Waals surface area contributed by atoms with E-state index in [9.17, 15) is 0 Å². The fourth-order valence-corrected chi connectivity index (χ4v) is 2.41. The van der Waals surface area contributed by atoms with Crippen molar-refractivity contribution in [1.29, 1.82) is 0 Å². The highest BCUT2D eigenvalue weighted by Crippen LogP contribution is 2.23. The van der Waals surface area contributed by atoms with E-state index in [0.29, 0.717) is 25.1 Å². The summed E-state index contributed by atoms with van der Waals surface area (Å²) in [6.07, 6.45) is 3.49. The van der Waals surface area contributed by atoms with Gasteiger partial charge in [0, 0.05) is 29.7 Å².